The van der Waals surface area contributed by atoms with Crippen molar-refractivity contribution in [1.29, 1.82) is 0 Å². The minimum Gasteiger partial charge on any atom is -0.488 e. The van der Waals surface area contributed by atoms with Crippen molar-refractivity contribution < 1.29 is 13.5 Å². The van der Waals surface area contributed by atoms with Gasteiger partial charge in [0.2, 0.25) is 0 Å². The van der Waals surface area contributed by atoms with E-state index in [9.17, 15) is 8.78 Å². The second kappa shape index (κ2) is 4.87. The highest BCUT2D eigenvalue weighted by molar-refractivity contribution is 5.73. The maximum atomic E-state index is 13.9. The Bertz CT molecular complexity index is 655. The van der Waals surface area contributed by atoms with Crippen LogP contribution in [0.1, 0.15) is 12.5 Å². The molecule has 1 heterocycles. The minimum atomic E-state index is -0.472. The van der Waals surface area contributed by atoms with Crippen molar-refractivity contribution in [2.75, 3.05) is 0 Å². The van der Waals surface area contributed by atoms with Crippen LogP contribution < -0.4 is 10.5 Å². The van der Waals surface area contributed by atoms with Crippen LogP contribution >= 0.6 is 0 Å². The lowest BCUT2D eigenvalue weighted by atomic mass is 9.99. The van der Waals surface area contributed by atoms with Crippen LogP contribution in [-0.4, -0.2) is 12.1 Å². The summed E-state index contributed by atoms with van der Waals surface area (Å²) in [5.41, 5.74) is 7.63. The van der Waals surface area contributed by atoms with E-state index in [-0.39, 0.29) is 17.7 Å². The van der Waals surface area contributed by atoms with Gasteiger partial charge in [-0.3, -0.25) is 0 Å². The van der Waals surface area contributed by atoms with E-state index in [4.69, 9.17) is 10.5 Å². The Morgan fingerprint density at radius 1 is 1.20 bits per heavy atom. The van der Waals surface area contributed by atoms with Crippen LogP contribution in [0.15, 0.2) is 36.4 Å². The molecule has 1 aliphatic heterocycles. The van der Waals surface area contributed by atoms with Crippen LogP contribution in [0.25, 0.3) is 11.1 Å². The molecule has 104 valence electrons. The molecule has 2 unspecified atom stereocenters. The van der Waals surface area contributed by atoms with Crippen molar-refractivity contribution in [3.8, 4) is 16.9 Å². The van der Waals surface area contributed by atoms with Gasteiger partial charge < -0.3 is 10.5 Å². The molecule has 2 aromatic carbocycles. The summed E-state index contributed by atoms with van der Waals surface area (Å²) in [5, 5.41) is 0. The molecule has 2 N–H and O–H groups in total. The van der Waals surface area contributed by atoms with Gasteiger partial charge in [0.05, 0.1) is 0 Å². The molecule has 4 heteroatoms. The van der Waals surface area contributed by atoms with Gasteiger partial charge in [-0.15, -0.1) is 0 Å². The number of benzene rings is 2. The molecule has 2 nitrogen and oxygen atoms in total. The lowest BCUT2D eigenvalue weighted by Crippen LogP contribution is -2.34. The molecule has 2 aromatic rings. The second-order valence-corrected chi connectivity index (χ2v) is 5.14. The summed E-state index contributed by atoms with van der Waals surface area (Å²) in [4.78, 5) is 0. The molecule has 0 amide bonds. The van der Waals surface area contributed by atoms with Crippen molar-refractivity contribution >= 4 is 0 Å². The molecule has 1 aliphatic rings. The van der Waals surface area contributed by atoms with Crippen LogP contribution in [0.3, 0.4) is 0 Å². The van der Waals surface area contributed by atoms with Gasteiger partial charge >= 0.3 is 0 Å². The van der Waals surface area contributed by atoms with Gasteiger partial charge in [0.15, 0.2) is 0 Å². The van der Waals surface area contributed by atoms with E-state index in [2.05, 4.69) is 0 Å². The van der Waals surface area contributed by atoms with E-state index in [0.29, 0.717) is 17.7 Å². The molecule has 0 bridgehead atoms. The molecule has 0 aliphatic carbocycles. The average Bonchev–Trinajstić information content (AvgIpc) is 2.85. The standard InChI is InChI=1S/C16H15F2NO/c1-9(19)15-7-10-3-2-4-12(16(10)20-15)13-8-11(17)5-6-14(13)18/h2-6,8-9,15H,7,19H2,1H3. The van der Waals surface area contributed by atoms with Gasteiger partial charge in [0.1, 0.15) is 23.5 Å². The van der Waals surface area contributed by atoms with Gasteiger partial charge in [0, 0.05) is 23.6 Å². The molecule has 3 rings (SSSR count). The lowest BCUT2D eigenvalue weighted by molar-refractivity contribution is 0.207. The SMILES string of the molecule is CC(N)C1Cc2cccc(-c3cc(F)ccc3F)c2O1. The molecule has 20 heavy (non-hydrogen) atoms. The molecule has 0 saturated heterocycles. The molecule has 0 aromatic heterocycles. The van der Waals surface area contributed by atoms with Crippen molar-refractivity contribution in [3.05, 3.63) is 53.6 Å². The third-order valence-corrected chi connectivity index (χ3v) is 3.59. The third kappa shape index (κ3) is 2.16. The molecule has 0 fully saturated rings. The number of halogens is 2. The fourth-order valence-corrected chi connectivity index (χ4v) is 2.50. The van der Waals surface area contributed by atoms with Crippen molar-refractivity contribution in [2.24, 2.45) is 5.73 Å². The van der Waals surface area contributed by atoms with Crippen LogP contribution in [-0.2, 0) is 6.42 Å². The van der Waals surface area contributed by atoms with Crippen molar-refractivity contribution in [1.82, 2.24) is 0 Å². The van der Waals surface area contributed by atoms with E-state index >= 15 is 0 Å². The second-order valence-electron chi connectivity index (χ2n) is 5.14. The zero-order valence-corrected chi connectivity index (χ0v) is 11.1. The monoisotopic (exact) mass is 275 g/mol. The number of nitrogens with two attached hydrogens (primary N) is 1. The lowest BCUT2D eigenvalue weighted by Gasteiger charge is -2.15. The topological polar surface area (TPSA) is 35.2 Å². The summed E-state index contributed by atoms with van der Waals surface area (Å²) >= 11 is 0. The summed E-state index contributed by atoms with van der Waals surface area (Å²) in [6, 6.07) is 8.79. The van der Waals surface area contributed by atoms with E-state index in [0.717, 1.165) is 17.7 Å². The molecule has 0 saturated carbocycles. The first-order valence-electron chi connectivity index (χ1n) is 6.56. The zero-order chi connectivity index (χ0) is 14.3. The van der Waals surface area contributed by atoms with Gasteiger partial charge in [-0.2, -0.15) is 0 Å². The number of hydrogen-bond donors (Lipinski definition) is 1. The molecular formula is C16H15F2NO. The van der Waals surface area contributed by atoms with Crippen LogP contribution in [0.4, 0.5) is 8.78 Å². The van der Waals surface area contributed by atoms with Crippen LogP contribution in [0.2, 0.25) is 0 Å². The number of fused-ring (bicyclic) bond motifs is 1. The zero-order valence-electron chi connectivity index (χ0n) is 11.1. The highest BCUT2D eigenvalue weighted by Crippen LogP contribution is 2.40. The molecule has 0 spiro atoms. The Morgan fingerprint density at radius 3 is 2.75 bits per heavy atom. The summed E-state index contributed by atoms with van der Waals surface area (Å²) in [6.07, 6.45) is 0.570. The highest BCUT2D eigenvalue weighted by Gasteiger charge is 2.28. The normalized spacial score (nSPS) is 18.5. The third-order valence-electron chi connectivity index (χ3n) is 3.59. The predicted octanol–water partition coefficient (Wildman–Crippen LogP) is 3.28. The van der Waals surface area contributed by atoms with Crippen LogP contribution in [0.5, 0.6) is 5.75 Å². The van der Waals surface area contributed by atoms with Crippen molar-refractivity contribution in [3.63, 3.8) is 0 Å². The fourth-order valence-electron chi connectivity index (χ4n) is 2.50. The summed E-state index contributed by atoms with van der Waals surface area (Å²) in [7, 11) is 0. The number of rotatable bonds is 2. The van der Waals surface area contributed by atoms with E-state index in [1.165, 1.54) is 6.07 Å². The van der Waals surface area contributed by atoms with E-state index in [1.54, 1.807) is 6.07 Å². The predicted molar refractivity (Wildman–Crippen MR) is 73.6 cm³/mol. The van der Waals surface area contributed by atoms with E-state index in [1.807, 2.05) is 19.1 Å². The van der Waals surface area contributed by atoms with Crippen molar-refractivity contribution in [2.45, 2.75) is 25.5 Å². The first kappa shape index (κ1) is 13.1. The number of ether oxygens (including phenoxy) is 1. The fraction of sp³-hybridized carbons (Fsp3) is 0.250. The Balaban J connectivity index is 2.10. The summed E-state index contributed by atoms with van der Waals surface area (Å²) < 4.78 is 33.1. The largest absolute Gasteiger partial charge is 0.488 e. The maximum absolute atomic E-state index is 13.9. The first-order chi connectivity index (χ1) is 9.56. The summed E-state index contributed by atoms with van der Waals surface area (Å²) in [5.74, 6) is -0.326. The van der Waals surface area contributed by atoms with Gasteiger partial charge in [-0.1, -0.05) is 18.2 Å². The Morgan fingerprint density at radius 2 is 2.00 bits per heavy atom. The molecular weight excluding hydrogens is 260 g/mol. The van der Waals surface area contributed by atoms with Crippen LogP contribution in [0, 0.1) is 11.6 Å². The number of hydrogen-bond acceptors (Lipinski definition) is 2. The average molecular weight is 275 g/mol. The van der Waals surface area contributed by atoms with Gasteiger partial charge in [0.25, 0.3) is 0 Å². The summed E-state index contributed by atoms with van der Waals surface area (Å²) in [6.45, 7) is 1.87. The first-order valence-corrected chi connectivity index (χ1v) is 6.56. The number of para-hydroxylation sites is 1. The Labute approximate surface area is 116 Å². The smallest absolute Gasteiger partial charge is 0.131 e. The molecule has 0 radical (unpaired) electrons. The van der Waals surface area contributed by atoms with Gasteiger partial charge in [-0.25, -0.2) is 8.78 Å². The Kier molecular flexibility index (Phi) is 3.18. The highest BCUT2D eigenvalue weighted by atomic mass is 19.1. The molecule has 2 atom stereocenters. The van der Waals surface area contributed by atoms with Gasteiger partial charge in [-0.05, 0) is 30.7 Å². The van der Waals surface area contributed by atoms with E-state index < -0.39 is 11.6 Å². The quantitative estimate of drug-likeness (QED) is 0.912. The maximum Gasteiger partial charge on any atom is 0.131 e. The Hall–Kier alpha value is -1.94. The minimum absolute atomic E-state index is 0.118.